The highest BCUT2D eigenvalue weighted by Gasteiger charge is 2.06. The maximum Gasteiger partial charge on any atom is 0.193 e. The van der Waals surface area contributed by atoms with Gasteiger partial charge < -0.3 is 5.32 Å². The second-order valence-corrected chi connectivity index (χ2v) is 6.77. The third-order valence-electron chi connectivity index (χ3n) is 2.74. The number of hydrogen-bond acceptors (Lipinski definition) is 4. The lowest BCUT2D eigenvalue weighted by molar-refractivity contribution is 0.624. The average molecular weight is 271 g/mol. The van der Waals surface area contributed by atoms with Crippen LogP contribution in [0.5, 0.6) is 0 Å². The van der Waals surface area contributed by atoms with Crippen molar-refractivity contribution < 1.29 is 4.21 Å². The molecule has 0 aliphatic heterocycles. The van der Waals surface area contributed by atoms with Crippen molar-refractivity contribution in [3.8, 4) is 0 Å². The van der Waals surface area contributed by atoms with Crippen molar-refractivity contribution in [3.63, 3.8) is 0 Å². The summed E-state index contributed by atoms with van der Waals surface area (Å²) in [4.78, 5) is 5.52. The normalized spacial score (nSPS) is 15.2. The van der Waals surface area contributed by atoms with Gasteiger partial charge in [-0.1, -0.05) is 6.92 Å². The Morgan fingerprint density at radius 1 is 1.65 bits per heavy atom. The predicted octanol–water partition coefficient (Wildman–Crippen LogP) is 1.64. The molecular weight excluding hydrogens is 254 g/mol. The van der Waals surface area contributed by atoms with Crippen molar-refractivity contribution in [2.24, 2.45) is 0 Å². The van der Waals surface area contributed by atoms with Gasteiger partial charge >= 0.3 is 0 Å². The van der Waals surface area contributed by atoms with Crippen LogP contribution in [0.4, 0.5) is 0 Å². The Labute approximate surface area is 108 Å². The zero-order valence-electron chi connectivity index (χ0n) is 10.0. The minimum Gasteiger partial charge on any atom is -0.311 e. The number of imidazole rings is 1. The van der Waals surface area contributed by atoms with Crippen molar-refractivity contribution >= 4 is 27.1 Å². The molecule has 0 aliphatic rings. The highest BCUT2D eigenvalue weighted by atomic mass is 32.2. The Balaban J connectivity index is 1.75. The molecule has 2 rings (SSSR count). The molecule has 1 N–H and O–H groups in total. The van der Waals surface area contributed by atoms with Crippen molar-refractivity contribution in [3.05, 3.63) is 23.5 Å². The molecule has 94 valence electrons. The molecule has 0 fully saturated rings. The standard InChI is InChI=1S/C11H17N3OS2/c1-9(17(2)15)3-4-12-7-10-8-14-5-6-16-11(14)13-10/h5-6,8-9,12H,3-4,7H2,1-2H3. The largest absolute Gasteiger partial charge is 0.311 e. The SMILES string of the molecule is CC(CCNCc1cn2ccsc2n1)S(C)=O. The van der Waals surface area contributed by atoms with Crippen LogP contribution in [-0.2, 0) is 17.3 Å². The summed E-state index contributed by atoms with van der Waals surface area (Å²) in [6.07, 6.45) is 6.75. The van der Waals surface area contributed by atoms with Gasteiger partial charge in [-0.15, -0.1) is 11.3 Å². The molecule has 0 aliphatic carbocycles. The minimum absolute atomic E-state index is 0.257. The summed E-state index contributed by atoms with van der Waals surface area (Å²) in [5.41, 5.74) is 1.06. The van der Waals surface area contributed by atoms with Gasteiger partial charge in [0.15, 0.2) is 4.96 Å². The van der Waals surface area contributed by atoms with Gasteiger partial charge in [-0.2, -0.15) is 0 Å². The van der Waals surface area contributed by atoms with E-state index >= 15 is 0 Å². The lowest BCUT2D eigenvalue weighted by Gasteiger charge is -2.07. The Morgan fingerprint density at radius 3 is 3.18 bits per heavy atom. The summed E-state index contributed by atoms with van der Waals surface area (Å²) < 4.78 is 13.2. The van der Waals surface area contributed by atoms with Crippen molar-refractivity contribution in [2.45, 2.75) is 25.1 Å². The lowest BCUT2D eigenvalue weighted by atomic mass is 10.3. The number of nitrogens with zero attached hydrogens (tertiary/aromatic N) is 2. The van der Waals surface area contributed by atoms with Crippen LogP contribution in [0.2, 0.25) is 0 Å². The topological polar surface area (TPSA) is 46.4 Å². The molecule has 0 spiro atoms. The summed E-state index contributed by atoms with van der Waals surface area (Å²) in [5, 5.41) is 5.62. The van der Waals surface area contributed by atoms with E-state index in [9.17, 15) is 4.21 Å². The summed E-state index contributed by atoms with van der Waals surface area (Å²) in [6.45, 7) is 3.67. The number of nitrogens with one attached hydrogen (secondary N) is 1. The van der Waals surface area contributed by atoms with Gasteiger partial charge in [0.1, 0.15) is 0 Å². The maximum absolute atomic E-state index is 11.2. The molecule has 0 radical (unpaired) electrons. The van der Waals surface area contributed by atoms with Crippen LogP contribution in [0.25, 0.3) is 4.96 Å². The number of thiazole rings is 1. The highest BCUT2D eigenvalue weighted by molar-refractivity contribution is 7.84. The van der Waals surface area contributed by atoms with Gasteiger partial charge in [0, 0.05) is 46.6 Å². The number of aromatic nitrogens is 2. The van der Waals surface area contributed by atoms with E-state index in [1.54, 1.807) is 17.6 Å². The molecular formula is C11H17N3OS2. The predicted molar refractivity (Wildman–Crippen MR) is 72.9 cm³/mol. The Kier molecular flexibility index (Phi) is 4.31. The smallest absolute Gasteiger partial charge is 0.193 e. The van der Waals surface area contributed by atoms with Crippen LogP contribution in [0.1, 0.15) is 19.0 Å². The molecule has 0 amide bonds. The van der Waals surface area contributed by atoms with E-state index in [0.29, 0.717) is 0 Å². The van der Waals surface area contributed by atoms with E-state index in [2.05, 4.69) is 10.3 Å². The molecule has 0 bridgehead atoms. The van der Waals surface area contributed by atoms with Gasteiger partial charge in [-0.3, -0.25) is 8.61 Å². The van der Waals surface area contributed by atoms with Gasteiger partial charge in [-0.05, 0) is 13.0 Å². The Bertz CT molecular complexity index is 477. The lowest BCUT2D eigenvalue weighted by Crippen LogP contribution is -2.21. The van der Waals surface area contributed by atoms with Crippen LogP contribution in [0.3, 0.4) is 0 Å². The van der Waals surface area contributed by atoms with Gasteiger partial charge in [0.2, 0.25) is 0 Å². The minimum atomic E-state index is -0.722. The number of fused-ring (bicyclic) bond motifs is 1. The van der Waals surface area contributed by atoms with E-state index in [0.717, 1.165) is 30.2 Å². The van der Waals surface area contributed by atoms with Gasteiger partial charge in [0.25, 0.3) is 0 Å². The third-order valence-corrected chi connectivity index (χ3v) is 4.88. The zero-order valence-corrected chi connectivity index (χ0v) is 11.7. The number of hydrogen-bond donors (Lipinski definition) is 1. The summed E-state index contributed by atoms with van der Waals surface area (Å²) in [7, 11) is -0.722. The first-order valence-corrected chi connectivity index (χ1v) is 8.11. The second-order valence-electron chi connectivity index (χ2n) is 4.10. The van der Waals surface area contributed by atoms with Crippen molar-refractivity contribution in [1.29, 1.82) is 0 Å². The van der Waals surface area contributed by atoms with E-state index in [1.165, 1.54) is 0 Å². The summed E-state index contributed by atoms with van der Waals surface area (Å²) >= 11 is 1.64. The number of rotatable bonds is 6. The first-order valence-electron chi connectivity index (χ1n) is 5.61. The molecule has 2 unspecified atom stereocenters. The van der Waals surface area contributed by atoms with E-state index < -0.39 is 10.8 Å². The van der Waals surface area contributed by atoms with Crippen molar-refractivity contribution in [1.82, 2.24) is 14.7 Å². The molecule has 2 aromatic rings. The van der Waals surface area contributed by atoms with Crippen LogP contribution in [0, 0.1) is 0 Å². The highest BCUT2D eigenvalue weighted by Crippen LogP contribution is 2.11. The Morgan fingerprint density at radius 2 is 2.47 bits per heavy atom. The maximum atomic E-state index is 11.2. The van der Waals surface area contributed by atoms with Crippen molar-refractivity contribution in [2.75, 3.05) is 12.8 Å². The molecule has 2 aromatic heterocycles. The molecule has 0 aromatic carbocycles. The third kappa shape index (κ3) is 3.37. The molecule has 6 heteroatoms. The van der Waals surface area contributed by atoms with Crippen LogP contribution in [0.15, 0.2) is 17.8 Å². The average Bonchev–Trinajstić information content (AvgIpc) is 2.83. The monoisotopic (exact) mass is 271 g/mol. The summed E-state index contributed by atoms with van der Waals surface area (Å²) in [6, 6.07) is 0. The van der Waals surface area contributed by atoms with Crippen LogP contribution >= 0.6 is 11.3 Å². The molecule has 0 saturated heterocycles. The quantitative estimate of drug-likeness (QED) is 0.813. The second kappa shape index (κ2) is 5.75. The molecule has 0 saturated carbocycles. The molecule has 17 heavy (non-hydrogen) atoms. The van der Waals surface area contributed by atoms with E-state index in [-0.39, 0.29) is 5.25 Å². The van der Waals surface area contributed by atoms with Gasteiger partial charge in [0.05, 0.1) is 5.69 Å². The fourth-order valence-corrected chi connectivity index (χ4v) is 2.72. The summed E-state index contributed by atoms with van der Waals surface area (Å²) in [5.74, 6) is 0. The Hall–Kier alpha value is -0.720. The first-order chi connectivity index (χ1) is 8.16. The molecule has 2 heterocycles. The fourth-order valence-electron chi connectivity index (χ4n) is 1.55. The van der Waals surface area contributed by atoms with Crippen LogP contribution in [-0.4, -0.2) is 31.6 Å². The van der Waals surface area contributed by atoms with E-state index in [4.69, 9.17) is 0 Å². The van der Waals surface area contributed by atoms with Gasteiger partial charge in [-0.25, -0.2) is 4.98 Å². The first kappa shape index (κ1) is 12.7. The molecule has 4 nitrogen and oxygen atoms in total. The zero-order chi connectivity index (χ0) is 12.3. The fraction of sp³-hybridized carbons (Fsp3) is 0.545. The van der Waals surface area contributed by atoms with Crippen LogP contribution < -0.4 is 5.32 Å². The molecule has 2 atom stereocenters. The van der Waals surface area contributed by atoms with E-state index in [1.807, 2.05) is 29.1 Å².